The number of nitrogens with two attached hydrogens (primary N) is 1. The summed E-state index contributed by atoms with van der Waals surface area (Å²) in [6, 6.07) is 13.2. The number of carbonyl (C=O) groups is 1. The van der Waals surface area contributed by atoms with Crippen molar-refractivity contribution in [2.75, 3.05) is 5.73 Å². The first-order valence-electron chi connectivity index (χ1n) is 5.96. The van der Waals surface area contributed by atoms with Crippen molar-refractivity contribution in [2.24, 2.45) is 0 Å². The predicted octanol–water partition coefficient (Wildman–Crippen LogP) is 1.78. The Kier molecular flexibility index (Phi) is 3.87. The molecule has 2 rings (SSSR count). The number of hydrogen-bond donors (Lipinski definition) is 3. The zero-order valence-corrected chi connectivity index (χ0v) is 10.6. The van der Waals surface area contributed by atoms with E-state index in [4.69, 9.17) is 11.0 Å². The van der Waals surface area contributed by atoms with E-state index < -0.39 is 0 Å². The van der Waals surface area contributed by atoms with E-state index in [2.05, 4.69) is 5.32 Å². The fraction of sp³-hybridized carbons (Fsp3) is 0.0667. The summed E-state index contributed by atoms with van der Waals surface area (Å²) >= 11 is 0. The molecule has 4 N–H and O–H groups in total. The molecule has 0 radical (unpaired) electrons. The lowest BCUT2D eigenvalue weighted by molar-refractivity contribution is 0.0951. The van der Waals surface area contributed by atoms with Crippen LogP contribution in [0.4, 0.5) is 5.69 Å². The number of nitrogen functional groups attached to an aromatic ring is 1. The predicted molar refractivity (Wildman–Crippen MR) is 74.8 cm³/mol. The van der Waals surface area contributed by atoms with Crippen molar-refractivity contribution in [3.8, 4) is 11.8 Å². The third kappa shape index (κ3) is 3.06. The second-order valence-corrected chi connectivity index (χ2v) is 4.26. The minimum atomic E-state index is -0.359. The van der Waals surface area contributed by atoms with Crippen molar-refractivity contribution in [1.29, 1.82) is 5.26 Å². The van der Waals surface area contributed by atoms with Crippen molar-refractivity contribution in [2.45, 2.75) is 6.54 Å². The number of carbonyl (C=O) groups excluding carboxylic acids is 1. The number of aromatic hydroxyl groups is 1. The Bertz CT molecular complexity index is 673. The summed E-state index contributed by atoms with van der Waals surface area (Å²) in [5.74, 6) is -0.370. The highest BCUT2D eigenvalue weighted by Gasteiger charge is 2.10. The number of nitrogens with zero attached hydrogens (tertiary/aromatic N) is 1. The molecule has 5 heteroatoms. The third-order valence-electron chi connectivity index (χ3n) is 2.82. The maximum Gasteiger partial charge on any atom is 0.253 e. The Labute approximate surface area is 116 Å². The molecule has 20 heavy (non-hydrogen) atoms. The highest BCUT2D eigenvalue weighted by Crippen LogP contribution is 2.18. The summed E-state index contributed by atoms with van der Waals surface area (Å²) < 4.78 is 0. The molecule has 2 aromatic rings. The van der Waals surface area contributed by atoms with Gasteiger partial charge in [-0.15, -0.1) is 0 Å². The van der Waals surface area contributed by atoms with Gasteiger partial charge >= 0.3 is 0 Å². The quantitative estimate of drug-likeness (QED) is 0.583. The van der Waals surface area contributed by atoms with Gasteiger partial charge in [0.05, 0.1) is 17.2 Å². The largest absolute Gasteiger partial charge is 0.508 e. The standard InChI is InChI=1S/C15H13N3O2/c16-8-10-1-3-11(4-2-10)9-18-15(20)13-7-12(19)5-6-14(13)17/h1-7,19H,9,17H2,(H,18,20). The van der Waals surface area contributed by atoms with Gasteiger partial charge in [-0.25, -0.2) is 0 Å². The van der Waals surface area contributed by atoms with Crippen LogP contribution in [0.25, 0.3) is 0 Å². The summed E-state index contributed by atoms with van der Waals surface area (Å²) in [6.45, 7) is 0.319. The van der Waals surface area contributed by atoms with Gasteiger partial charge < -0.3 is 16.2 Å². The zero-order chi connectivity index (χ0) is 14.5. The molecule has 5 nitrogen and oxygen atoms in total. The van der Waals surface area contributed by atoms with Gasteiger partial charge in [0.1, 0.15) is 5.75 Å². The Hall–Kier alpha value is -3.00. The first-order chi connectivity index (χ1) is 9.60. The molecule has 0 fully saturated rings. The van der Waals surface area contributed by atoms with Crippen molar-refractivity contribution in [1.82, 2.24) is 5.32 Å². The molecule has 0 aromatic heterocycles. The highest BCUT2D eigenvalue weighted by molar-refractivity contribution is 5.99. The summed E-state index contributed by atoms with van der Waals surface area (Å²) in [4.78, 5) is 12.0. The number of nitrogens with one attached hydrogen (secondary N) is 1. The topological polar surface area (TPSA) is 99.1 Å². The van der Waals surface area contributed by atoms with E-state index in [1.807, 2.05) is 6.07 Å². The van der Waals surface area contributed by atoms with E-state index in [1.165, 1.54) is 18.2 Å². The summed E-state index contributed by atoms with van der Waals surface area (Å²) in [7, 11) is 0. The molecule has 0 saturated carbocycles. The maximum atomic E-state index is 12.0. The molecule has 0 saturated heterocycles. The second kappa shape index (κ2) is 5.76. The van der Waals surface area contributed by atoms with Crippen LogP contribution in [0, 0.1) is 11.3 Å². The molecule has 0 aliphatic carbocycles. The second-order valence-electron chi connectivity index (χ2n) is 4.26. The summed E-state index contributed by atoms with van der Waals surface area (Å²) in [6.07, 6.45) is 0. The molecule has 2 aromatic carbocycles. The Morgan fingerprint density at radius 1 is 1.25 bits per heavy atom. The van der Waals surface area contributed by atoms with Crippen LogP contribution in [-0.4, -0.2) is 11.0 Å². The molecule has 0 bridgehead atoms. The lowest BCUT2D eigenvalue weighted by atomic mass is 10.1. The summed E-state index contributed by atoms with van der Waals surface area (Å²) in [5.41, 5.74) is 7.67. The molecular formula is C15H13N3O2. The van der Waals surface area contributed by atoms with Gasteiger partial charge in [0.25, 0.3) is 5.91 Å². The SMILES string of the molecule is N#Cc1ccc(CNC(=O)c2cc(O)ccc2N)cc1. The van der Waals surface area contributed by atoms with Crippen molar-refractivity contribution >= 4 is 11.6 Å². The number of phenolic OH excluding ortho intramolecular Hbond substituents is 1. The minimum Gasteiger partial charge on any atom is -0.508 e. The fourth-order valence-electron chi connectivity index (χ4n) is 1.72. The van der Waals surface area contributed by atoms with Crippen LogP contribution in [0.1, 0.15) is 21.5 Å². The van der Waals surface area contributed by atoms with Crippen LogP contribution >= 0.6 is 0 Å². The van der Waals surface area contributed by atoms with E-state index in [1.54, 1.807) is 24.3 Å². The Morgan fingerprint density at radius 3 is 2.60 bits per heavy atom. The molecule has 0 heterocycles. The van der Waals surface area contributed by atoms with Crippen LogP contribution in [0.3, 0.4) is 0 Å². The molecule has 0 aliphatic heterocycles. The van der Waals surface area contributed by atoms with Gasteiger partial charge in [-0.1, -0.05) is 12.1 Å². The smallest absolute Gasteiger partial charge is 0.253 e. The number of benzene rings is 2. The van der Waals surface area contributed by atoms with E-state index in [0.717, 1.165) is 5.56 Å². The number of amides is 1. The van der Waals surface area contributed by atoms with Gasteiger partial charge in [0.15, 0.2) is 0 Å². The molecule has 1 amide bonds. The van der Waals surface area contributed by atoms with Crippen LogP contribution in [0.2, 0.25) is 0 Å². The lowest BCUT2D eigenvalue weighted by Crippen LogP contribution is -2.23. The van der Waals surface area contributed by atoms with E-state index >= 15 is 0 Å². The minimum absolute atomic E-state index is 0.0114. The normalized spacial score (nSPS) is 9.75. The van der Waals surface area contributed by atoms with Crippen molar-refractivity contribution in [3.63, 3.8) is 0 Å². The first kappa shape index (κ1) is 13.4. The van der Waals surface area contributed by atoms with E-state index in [0.29, 0.717) is 17.8 Å². The van der Waals surface area contributed by atoms with Crippen LogP contribution in [0.5, 0.6) is 5.75 Å². The lowest BCUT2D eigenvalue weighted by Gasteiger charge is -2.08. The van der Waals surface area contributed by atoms with Crippen LogP contribution in [-0.2, 0) is 6.54 Å². The first-order valence-corrected chi connectivity index (χ1v) is 5.96. The van der Waals surface area contributed by atoms with Crippen LogP contribution < -0.4 is 11.1 Å². The fourth-order valence-corrected chi connectivity index (χ4v) is 1.72. The van der Waals surface area contributed by atoms with Gasteiger partial charge in [0.2, 0.25) is 0 Å². The molecular weight excluding hydrogens is 254 g/mol. The van der Waals surface area contributed by atoms with Crippen molar-refractivity contribution in [3.05, 3.63) is 59.2 Å². The Morgan fingerprint density at radius 2 is 1.95 bits per heavy atom. The molecule has 0 spiro atoms. The zero-order valence-electron chi connectivity index (χ0n) is 10.6. The number of rotatable bonds is 3. The maximum absolute atomic E-state index is 12.0. The molecule has 0 unspecified atom stereocenters. The van der Waals surface area contributed by atoms with Gasteiger partial charge in [-0.2, -0.15) is 5.26 Å². The molecule has 0 aliphatic rings. The number of nitriles is 1. The molecule has 0 atom stereocenters. The Balaban J connectivity index is 2.04. The summed E-state index contributed by atoms with van der Waals surface area (Å²) in [5, 5.41) is 20.8. The van der Waals surface area contributed by atoms with Gasteiger partial charge in [-0.3, -0.25) is 4.79 Å². The van der Waals surface area contributed by atoms with E-state index in [-0.39, 0.29) is 17.2 Å². The van der Waals surface area contributed by atoms with Gasteiger partial charge in [-0.05, 0) is 35.9 Å². The third-order valence-corrected chi connectivity index (χ3v) is 2.82. The average Bonchev–Trinajstić information content (AvgIpc) is 2.47. The monoisotopic (exact) mass is 267 g/mol. The average molecular weight is 267 g/mol. The molecule has 100 valence electrons. The number of hydrogen-bond acceptors (Lipinski definition) is 4. The van der Waals surface area contributed by atoms with Crippen LogP contribution in [0.15, 0.2) is 42.5 Å². The van der Waals surface area contributed by atoms with E-state index in [9.17, 15) is 9.90 Å². The van der Waals surface area contributed by atoms with Crippen molar-refractivity contribution < 1.29 is 9.90 Å². The number of phenols is 1. The number of anilines is 1. The highest BCUT2D eigenvalue weighted by atomic mass is 16.3. The van der Waals surface area contributed by atoms with Gasteiger partial charge in [0, 0.05) is 12.2 Å².